The molecule has 1 heterocycles. The summed E-state index contributed by atoms with van der Waals surface area (Å²) < 4.78 is 0. The summed E-state index contributed by atoms with van der Waals surface area (Å²) in [6.45, 7) is 5.22. The lowest BCUT2D eigenvalue weighted by molar-refractivity contribution is -0.132. The SMILES string of the molecule is CCC[C@@H](N)C(=O)N(C)CC1CCN(C)CC1. The average Bonchev–Trinajstić information content (AvgIpc) is 2.31. The lowest BCUT2D eigenvalue weighted by atomic mass is 9.96. The fraction of sp³-hybridized carbons (Fsp3) is 0.923. The summed E-state index contributed by atoms with van der Waals surface area (Å²) in [6.07, 6.45) is 4.14. The van der Waals surface area contributed by atoms with Crippen molar-refractivity contribution in [3.8, 4) is 0 Å². The van der Waals surface area contributed by atoms with Crippen molar-refractivity contribution in [1.29, 1.82) is 0 Å². The molecule has 0 aromatic carbocycles. The van der Waals surface area contributed by atoms with Crippen LogP contribution < -0.4 is 5.73 Å². The van der Waals surface area contributed by atoms with Crippen molar-refractivity contribution in [2.24, 2.45) is 11.7 Å². The van der Waals surface area contributed by atoms with Gasteiger partial charge < -0.3 is 15.5 Å². The molecule has 0 aromatic heterocycles. The van der Waals surface area contributed by atoms with Gasteiger partial charge in [0.05, 0.1) is 6.04 Å². The van der Waals surface area contributed by atoms with E-state index in [-0.39, 0.29) is 11.9 Å². The topological polar surface area (TPSA) is 49.6 Å². The molecular formula is C13H27N3O. The minimum atomic E-state index is -0.309. The molecule has 1 aliphatic heterocycles. The van der Waals surface area contributed by atoms with Crippen LogP contribution in [0.1, 0.15) is 32.6 Å². The molecule has 0 saturated carbocycles. The van der Waals surface area contributed by atoms with Gasteiger partial charge in [0.2, 0.25) is 5.91 Å². The number of amides is 1. The molecule has 100 valence electrons. The Balaban J connectivity index is 2.32. The van der Waals surface area contributed by atoms with Gasteiger partial charge in [-0.2, -0.15) is 0 Å². The van der Waals surface area contributed by atoms with Crippen LogP contribution in [0.25, 0.3) is 0 Å². The number of carbonyl (C=O) groups is 1. The fourth-order valence-electron chi connectivity index (χ4n) is 2.44. The maximum atomic E-state index is 12.0. The molecule has 1 atom stereocenters. The van der Waals surface area contributed by atoms with Crippen LogP contribution in [0, 0.1) is 5.92 Å². The van der Waals surface area contributed by atoms with E-state index >= 15 is 0 Å². The molecule has 0 bridgehead atoms. The zero-order valence-corrected chi connectivity index (χ0v) is 11.5. The third-order valence-electron chi connectivity index (χ3n) is 3.66. The van der Waals surface area contributed by atoms with Crippen molar-refractivity contribution < 1.29 is 4.79 Å². The van der Waals surface area contributed by atoms with Gasteiger partial charge in [0.1, 0.15) is 0 Å². The maximum absolute atomic E-state index is 12.0. The summed E-state index contributed by atoms with van der Waals surface area (Å²) in [4.78, 5) is 16.1. The first-order valence-electron chi connectivity index (χ1n) is 6.73. The Kier molecular flexibility index (Phi) is 5.92. The molecule has 0 unspecified atom stereocenters. The number of rotatable bonds is 5. The predicted octanol–water partition coefficient (Wildman–Crippen LogP) is 0.914. The highest BCUT2D eigenvalue weighted by Crippen LogP contribution is 2.17. The largest absolute Gasteiger partial charge is 0.344 e. The van der Waals surface area contributed by atoms with Crippen LogP contribution in [-0.2, 0) is 4.79 Å². The Morgan fingerprint density at radius 1 is 1.47 bits per heavy atom. The minimum absolute atomic E-state index is 0.103. The Bertz CT molecular complexity index is 237. The highest BCUT2D eigenvalue weighted by Gasteiger charge is 2.22. The van der Waals surface area contributed by atoms with E-state index in [1.54, 1.807) is 0 Å². The van der Waals surface area contributed by atoms with E-state index in [0.29, 0.717) is 5.92 Å². The number of nitrogens with zero attached hydrogens (tertiary/aromatic N) is 2. The number of hydrogen-bond acceptors (Lipinski definition) is 3. The lowest BCUT2D eigenvalue weighted by Gasteiger charge is -2.32. The molecule has 1 amide bonds. The zero-order chi connectivity index (χ0) is 12.8. The van der Waals surface area contributed by atoms with E-state index in [1.807, 2.05) is 11.9 Å². The van der Waals surface area contributed by atoms with E-state index < -0.39 is 0 Å². The second-order valence-corrected chi connectivity index (χ2v) is 5.36. The van der Waals surface area contributed by atoms with Gasteiger partial charge in [-0.15, -0.1) is 0 Å². The van der Waals surface area contributed by atoms with Crippen LogP contribution in [0.2, 0.25) is 0 Å². The van der Waals surface area contributed by atoms with Gasteiger partial charge >= 0.3 is 0 Å². The van der Waals surface area contributed by atoms with Gasteiger partial charge in [-0.1, -0.05) is 13.3 Å². The number of nitrogens with two attached hydrogens (primary N) is 1. The Labute approximate surface area is 105 Å². The summed E-state index contributed by atoms with van der Waals surface area (Å²) in [5.74, 6) is 0.750. The summed E-state index contributed by atoms with van der Waals surface area (Å²) in [6, 6.07) is -0.309. The molecule has 0 radical (unpaired) electrons. The Morgan fingerprint density at radius 3 is 2.59 bits per heavy atom. The van der Waals surface area contributed by atoms with E-state index in [9.17, 15) is 4.79 Å². The highest BCUT2D eigenvalue weighted by atomic mass is 16.2. The van der Waals surface area contributed by atoms with Gasteiger partial charge in [-0.05, 0) is 45.3 Å². The minimum Gasteiger partial charge on any atom is -0.344 e. The molecule has 4 heteroatoms. The zero-order valence-electron chi connectivity index (χ0n) is 11.5. The van der Waals surface area contributed by atoms with Crippen LogP contribution in [0.5, 0.6) is 0 Å². The molecular weight excluding hydrogens is 214 g/mol. The van der Waals surface area contributed by atoms with Gasteiger partial charge in [0.25, 0.3) is 0 Å². The van der Waals surface area contributed by atoms with Crippen LogP contribution in [0.3, 0.4) is 0 Å². The monoisotopic (exact) mass is 241 g/mol. The molecule has 0 aliphatic carbocycles. The van der Waals surface area contributed by atoms with Crippen molar-refractivity contribution in [1.82, 2.24) is 9.80 Å². The second kappa shape index (κ2) is 6.97. The van der Waals surface area contributed by atoms with Crippen molar-refractivity contribution >= 4 is 5.91 Å². The highest BCUT2D eigenvalue weighted by molar-refractivity contribution is 5.81. The van der Waals surface area contributed by atoms with Crippen LogP contribution >= 0.6 is 0 Å². The molecule has 0 aromatic rings. The summed E-state index contributed by atoms with van der Waals surface area (Å²) in [7, 11) is 4.04. The van der Waals surface area contributed by atoms with Gasteiger partial charge in [-0.3, -0.25) is 4.79 Å². The molecule has 17 heavy (non-hydrogen) atoms. The van der Waals surface area contributed by atoms with Crippen LogP contribution in [0.4, 0.5) is 0 Å². The quantitative estimate of drug-likeness (QED) is 0.778. The fourth-order valence-corrected chi connectivity index (χ4v) is 2.44. The smallest absolute Gasteiger partial charge is 0.239 e. The van der Waals surface area contributed by atoms with Crippen molar-refractivity contribution in [3.05, 3.63) is 0 Å². The van der Waals surface area contributed by atoms with Gasteiger partial charge in [0.15, 0.2) is 0 Å². The first-order valence-corrected chi connectivity index (χ1v) is 6.73. The lowest BCUT2D eigenvalue weighted by Crippen LogP contribution is -2.45. The van der Waals surface area contributed by atoms with Crippen LogP contribution in [0.15, 0.2) is 0 Å². The third-order valence-corrected chi connectivity index (χ3v) is 3.66. The third kappa shape index (κ3) is 4.64. The molecule has 4 nitrogen and oxygen atoms in total. The van der Waals surface area contributed by atoms with Crippen molar-refractivity contribution in [2.45, 2.75) is 38.6 Å². The summed E-state index contributed by atoms with van der Waals surface area (Å²) in [5, 5.41) is 0. The number of hydrogen-bond donors (Lipinski definition) is 1. The second-order valence-electron chi connectivity index (χ2n) is 5.36. The van der Waals surface area contributed by atoms with E-state index in [2.05, 4.69) is 18.9 Å². The summed E-state index contributed by atoms with van der Waals surface area (Å²) in [5.41, 5.74) is 5.86. The van der Waals surface area contributed by atoms with E-state index in [0.717, 1.165) is 32.5 Å². The van der Waals surface area contributed by atoms with Crippen LogP contribution in [-0.4, -0.2) is 55.5 Å². The molecule has 1 rings (SSSR count). The van der Waals surface area contributed by atoms with Gasteiger partial charge in [0, 0.05) is 13.6 Å². The molecule has 2 N–H and O–H groups in total. The Hall–Kier alpha value is -0.610. The van der Waals surface area contributed by atoms with E-state index in [4.69, 9.17) is 5.73 Å². The normalized spacial score (nSPS) is 20.2. The molecule has 1 fully saturated rings. The first kappa shape index (κ1) is 14.5. The van der Waals surface area contributed by atoms with Crippen molar-refractivity contribution in [3.63, 3.8) is 0 Å². The van der Waals surface area contributed by atoms with Gasteiger partial charge in [-0.25, -0.2) is 0 Å². The molecule has 1 aliphatic rings. The Morgan fingerprint density at radius 2 is 2.06 bits per heavy atom. The maximum Gasteiger partial charge on any atom is 0.239 e. The first-order chi connectivity index (χ1) is 8.04. The predicted molar refractivity (Wildman–Crippen MR) is 70.7 cm³/mol. The molecule has 1 saturated heterocycles. The average molecular weight is 241 g/mol. The number of carbonyl (C=O) groups excluding carboxylic acids is 1. The van der Waals surface area contributed by atoms with E-state index in [1.165, 1.54) is 12.8 Å². The number of piperidine rings is 1. The van der Waals surface area contributed by atoms with Crippen molar-refractivity contribution in [2.75, 3.05) is 33.7 Å². The summed E-state index contributed by atoms with van der Waals surface area (Å²) >= 11 is 0. The number of likely N-dealkylation sites (tertiary alicyclic amines) is 1. The standard InChI is InChI=1S/C13H27N3O/c1-4-5-12(14)13(17)16(3)10-11-6-8-15(2)9-7-11/h11-12H,4-10,14H2,1-3H3/t12-/m1/s1. The molecule has 0 spiro atoms. The number of likely N-dealkylation sites (N-methyl/N-ethyl adjacent to an activating group) is 1.